The number of ketones is 1. The number of rotatable bonds is 4. The molecule has 0 atom stereocenters. The Bertz CT molecular complexity index is 443. The summed E-state index contributed by atoms with van der Waals surface area (Å²) in [6.07, 6.45) is 7.90. The van der Waals surface area contributed by atoms with Crippen LogP contribution in [0.15, 0.2) is 35.4 Å². The molecule has 0 spiro atoms. The summed E-state index contributed by atoms with van der Waals surface area (Å²) in [5.74, 6) is 0.104. The van der Waals surface area contributed by atoms with Crippen LogP contribution in [-0.2, 0) is 13.5 Å². The molecule has 0 saturated heterocycles. The molecule has 4 nitrogen and oxygen atoms in total. The minimum absolute atomic E-state index is 0.104. The molecular formula is C11H12N2O2. The highest BCUT2D eigenvalue weighted by Gasteiger charge is 2.07. The smallest absolute Gasteiger partial charge is 0.166 e. The Morgan fingerprint density at radius 1 is 1.60 bits per heavy atom. The Kier molecular flexibility index (Phi) is 2.67. The maximum absolute atomic E-state index is 11.6. The van der Waals surface area contributed by atoms with Gasteiger partial charge in [-0.25, -0.2) is 0 Å². The fraction of sp³-hybridized carbons (Fsp3) is 0.273. The zero-order chi connectivity index (χ0) is 10.7. The first-order valence-electron chi connectivity index (χ1n) is 4.78. The van der Waals surface area contributed by atoms with E-state index in [2.05, 4.69) is 5.10 Å². The molecule has 2 heterocycles. The zero-order valence-corrected chi connectivity index (χ0v) is 8.51. The molecule has 0 aromatic carbocycles. The van der Waals surface area contributed by atoms with Crippen LogP contribution in [0.25, 0.3) is 0 Å². The van der Waals surface area contributed by atoms with Crippen molar-refractivity contribution < 1.29 is 9.21 Å². The molecule has 2 aromatic heterocycles. The summed E-state index contributed by atoms with van der Waals surface area (Å²) in [6, 6.07) is 1.69. The Morgan fingerprint density at radius 3 is 3.07 bits per heavy atom. The highest BCUT2D eigenvalue weighted by atomic mass is 16.3. The highest BCUT2D eigenvalue weighted by Crippen LogP contribution is 2.08. The van der Waals surface area contributed by atoms with Crippen LogP contribution in [0.1, 0.15) is 22.3 Å². The van der Waals surface area contributed by atoms with Crippen LogP contribution in [0.4, 0.5) is 0 Å². The Morgan fingerprint density at radius 2 is 2.47 bits per heavy atom. The number of carbonyl (C=O) groups excluding carboxylic acids is 1. The molecule has 0 fully saturated rings. The molecule has 0 bridgehead atoms. The van der Waals surface area contributed by atoms with Crippen molar-refractivity contribution in [3.63, 3.8) is 0 Å². The average molecular weight is 204 g/mol. The van der Waals surface area contributed by atoms with Crippen LogP contribution in [0.3, 0.4) is 0 Å². The van der Waals surface area contributed by atoms with E-state index in [0.717, 1.165) is 12.0 Å². The van der Waals surface area contributed by atoms with Crippen molar-refractivity contribution in [1.29, 1.82) is 0 Å². The third kappa shape index (κ3) is 2.34. The van der Waals surface area contributed by atoms with E-state index >= 15 is 0 Å². The van der Waals surface area contributed by atoms with Crippen molar-refractivity contribution in [2.75, 3.05) is 0 Å². The van der Waals surface area contributed by atoms with E-state index in [4.69, 9.17) is 4.42 Å². The molecule has 2 rings (SSSR count). The lowest BCUT2D eigenvalue weighted by atomic mass is 10.1. The topological polar surface area (TPSA) is 48.0 Å². The number of carbonyl (C=O) groups is 1. The highest BCUT2D eigenvalue weighted by molar-refractivity contribution is 5.95. The molecule has 0 aliphatic rings. The van der Waals surface area contributed by atoms with E-state index < -0.39 is 0 Å². The minimum atomic E-state index is 0.104. The molecule has 0 N–H and O–H groups in total. The molecule has 0 radical (unpaired) electrons. The van der Waals surface area contributed by atoms with E-state index in [1.165, 1.54) is 12.5 Å². The summed E-state index contributed by atoms with van der Waals surface area (Å²) >= 11 is 0. The first kappa shape index (κ1) is 9.71. The summed E-state index contributed by atoms with van der Waals surface area (Å²) in [7, 11) is 1.86. The predicted octanol–water partition coefficient (Wildman–Crippen LogP) is 1.83. The molecule has 4 heteroatoms. The lowest BCUT2D eigenvalue weighted by Crippen LogP contribution is -1.98. The predicted molar refractivity (Wildman–Crippen MR) is 54.6 cm³/mol. The summed E-state index contributed by atoms with van der Waals surface area (Å²) < 4.78 is 6.59. The van der Waals surface area contributed by atoms with Crippen LogP contribution >= 0.6 is 0 Å². The lowest BCUT2D eigenvalue weighted by molar-refractivity contribution is 0.0982. The number of nitrogens with zero attached hydrogens (tertiary/aromatic N) is 2. The third-order valence-electron chi connectivity index (χ3n) is 2.24. The van der Waals surface area contributed by atoms with Crippen LogP contribution in [0, 0.1) is 0 Å². The number of hydrogen-bond donors (Lipinski definition) is 0. The van der Waals surface area contributed by atoms with Gasteiger partial charge in [-0.15, -0.1) is 0 Å². The van der Waals surface area contributed by atoms with Gasteiger partial charge in [-0.3, -0.25) is 9.48 Å². The Balaban J connectivity index is 1.91. The number of aryl methyl sites for hydroxylation is 2. The lowest BCUT2D eigenvalue weighted by Gasteiger charge is -1.95. The van der Waals surface area contributed by atoms with E-state index in [1.807, 2.05) is 13.2 Å². The van der Waals surface area contributed by atoms with Gasteiger partial charge in [-0.05, 0) is 18.1 Å². The quantitative estimate of drug-likeness (QED) is 0.714. The van der Waals surface area contributed by atoms with Gasteiger partial charge in [0, 0.05) is 19.7 Å². The number of Topliss-reactive ketones (excluding diaryl/α,β-unsaturated/α-hetero) is 1. The van der Waals surface area contributed by atoms with Crippen molar-refractivity contribution in [1.82, 2.24) is 9.78 Å². The maximum Gasteiger partial charge on any atom is 0.166 e. The van der Waals surface area contributed by atoms with Crippen molar-refractivity contribution in [3.8, 4) is 0 Å². The van der Waals surface area contributed by atoms with Crippen LogP contribution < -0.4 is 0 Å². The van der Waals surface area contributed by atoms with E-state index in [0.29, 0.717) is 12.0 Å². The summed E-state index contributed by atoms with van der Waals surface area (Å²) in [6.45, 7) is 0. The summed E-state index contributed by atoms with van der Waals surface area (Å²) in [5, 5.41) is 4.04. The standard InChI is InChI=1S/C11H12N2O2/c1-13-7-9(6-12-13)2-3-11(14)10-4-5-15-8-10/h4-8H,2-3H2,1H3. The van der Waals surface area contributed by atoms with Gasteiger partial charge in [-0.1, -0.05) is 0 Å². The molecule has 0 saturated carbocycles. The van der Waals surface area contributed by atoms with Gasteiger partial charge < -0.3 is 4.42 Å². The number of hydrogen-bond acceptors (Lipinski definition) is 3. The minimum Gasteiger partial charge on any atom is -0.472 e. The molecule has 2 aromatic rings. The van der Waals surface area contributed by atoms with Gasteiger partial charge in [0.25, 0.3) is 0 Å². The van der Waals surface area contributed by atoms with Crippen LogP contribution in [0.5, 0.6) is 0 Å². The van der Waals surface area contributed by atoms with Gasteiger partial charge in [0.05, 0.1) is 18.0 Å². The van der Waals surface area contributed by atoms with Gasteiger partial charge >= 0.3 is 0 Å². The summed E-state index contributed by atoms with van der Waals surface area (Å²) in [5.41, 5.74) is 1.72. The largest absolute Gasteiger partial charge is 0.472 e. The van der Waals surface area contributed by atoms with E-state index in [9.17, 15) is 4.79 Å². The van der Waals surface area contributed by atoms with E-state index in [-0.39, 0.29) is 5.78 Å². The second-order valence-corrected chi connectivity index (χ2v) is 3.46. The first-order valence-corrected chi connectivity index (χ1v) is 4.78. The second kappa shape index (κ2) is 4.13. The van der Waals surface area contributed by atoms with Gasteiger partial charge in [-0.2, -0.15) is 5.10 Å². The van der Waals surface area contributed by atoms with Gasteiger partial charge in [0.15, 0.2) is 5.78 Å². The Hall–Kier alpha value is -1.84. The SMILES string of the molecule is Cn1cc(CCC(=O)c2ccoc2)cn1. The maximum atomic E-state index is 11.6. The molecule has 0 aliphatic carbocycles. The van der Waals surface area contributed by atoms with Crippen LogP contribution in [0.2, 0.25) is 0 Å². The fourth-order valence-corrected chi connectivity index (χ4v) is 1.43. The summed E-state index contributed by atoms with van der Waals surface area (Å²) in [4.78, 5) is 11.6. The average Bonchev–Trinajstić information content (AvgIpc) is 2.84. The van der Waals surface area contributed by atoms with Crippen molar-refractivity contribution in [3.05, 3.63) is 42.1 Å². The normalized spacial score (nSPS) is 10.5. The van der Waals surface area contributed by atoms with Crippen molar-refractivity contribution in [2.24, 2.45) is 7.05 Å². The third-order valence-corrected chi connectivity index (χ3v) is 2.24. The van der Waals surface area contributed by atoms with Crippen LogP contribution in [-0.4, -0.2) is 15.6 Å². The second-order valence-electron chi connectivity index (χ2n) is 3.46. The Labute approximate surface area is 87.5 Å². The van der Waals surface area contributed by atoms with Crippen molar-refractivity contribution in [2.45, 2.75) is 12.8 Å². The molecule has 0 aliphatic heterocycles. The zero-order valence-electron chi connectivity index (χ0n) is 8.51. The van der Waals surface area contributed by atoms with E-state index in [1.54, 1.807) is 16.9 Å². The molecule has 0 unspecified atom stereocenters. The van der Waals surface area contributed by atoms with Gasteiger partial charge in [0.2, 0.25) is 0 Å². The molecule has 0 amide bonds. The fourth-order valence-electron chi connectivity index (χ4n) is 1.43. The van der Waals surface area contributed by atoms with Crippen molar-refractivity contribution >= 4 is 5.78 Å². The number of aromatic nitrogens is 2. The number of furan rings is 1. The first-order chi connectivity index (χ1) is 7.25. The molecule has 78 valence electrons. The monoisotopic (exact) mass is 204 g/mol. The molecular weight excluding hydrogens is 192 g/mol. The molecule has 15 heavy (non-hydrogen) atoms. The van der Waals surface area contributed by atoms with Gasteiger partial charge in [0.1, 0.15) is 6.26 Å².